The molecule has 2 fully saturated rings. The van der Waals surface area contributed by atoms with Crippen LogP contribution in [-0.2, 0) is 4.79 Å². The molecule has 2 aromatic rings. The third-order valence-electron chi connectivity index (χ3n) is 5.54. The first kappa shape index (κ1) is 16.4. The number of nitrogens with one attached hydrogen (secondary N) is 1. The van der Waals surface area contributed by atoms with Crippen molar-refractivity contribution in [3.8, 4) is 0 Å². The molecule has 4 rings (SSSR count). The number of amides is 1. The van der Waals surface area contributed by atoms with Crippen LogP contribution in [0.4, 0.5) is 5.82 Å². The highest BCUT2D eigenvalue weighted by molar-refractivity contribution is 5.76. The first-order chi connectivity index (χ1) is 12.1. The van der Waals surface area contributed by atoms with Crippen molar-refractivity contribution in [2.45, 2.75) is 58.4 Å². The first-order valence-electron chi connectivity index (χ1n) is 9.47. The van der Waals surface area contributed by atoms with Crippen LogP contribution in [0.25, 0.3) is 5.65 Å². The van der Waals surface area contributed by atoms with Gasteiger partial charge in [-0.05, 0) is 51.9 Å². The van der Waals surface area contributed by atoms with Crippen molar-refractivity contribution >= 4 is 17.4 Å². The van der Waals surface area contributed by atoms with Gasteiger partial charge in [-0.3, -0.25) is 4.79 Å². The monoisotopic (exact) mass is 341 g/mol. The summed E-state index contributed by atoms with van der Waals surface area (Å²) in [7, 11) is 0. The topological polar surface area (TPSA) is 62.5 Å². The Hall–Kier alpha value is -2.11. The van der Waals surface area contributed by atoms with E-state index in [1.165, 1.54) is 6.42 Å². The molecule has 25 heavy (non-hydrogen) atoms. The first-order valence-corrected chi connectivity index (χ1v) is 9.47. The lowest BCUT2D eigenvalue weighted by molar-refractivity contribution is -0.123. The quantitative estimate of drug-likeness (QED) is 0.928. The van der Waals surface area contributed by atoms with Crippen LogP contribution in [0.1, 0.15) is 49.9 Å². The van der Waals surface area contributed by atoms with Crippen LogP contribution >= 0.6 is 0 Å². The number of aromatic nitrogens is 3. The number of carbonyl (C=O) groups is 1. The summed E-state index contributed by atoms with van der Waals surface area (Å²) in [5.74, 6) is 1.86. The molecule has 6 heteroatoms. The summed E-state index contributed by atoms with van der Waals surface area (Å²) in [4.78, 5) is 19.1. The zero-order valence-electron chi connectivity index (χ0n) is 15.2. The summed E-state index contributed by atoms with van der Waals surface area (Å²) in [6.07, 6.45) is 6.37. The lowest BCUT2D eigenvalue weighted by Crippen LogP contribution is -2.41. The molecule has 0 aromatic carbocycles. The van der Waals surface area contributed by atoms with E-state index < -0.39 is 0 Å². The van der Waals surface area contributed by atoms with E-state index in [1.54, 1.807) is 0 Å². The van der Waals surface area contributed by atoms with Crippen LogP contribution in [0.5, 0.6) is 0 Å². The highest BCUT2D eigenvalue weighted by Gasteiger charge is 2.25. The van der Waals surface area contributed by atoms with Gasteiger partial charge in [-0.25, -0.2) is 4.98 Å². The van der Waals surface area contributed by atoms with Crippen LogP contribution in [0.2, 0.25) is 0 Å². The molecule has 1 saturated heterocycles. The highest BCUT2D eigenvalue weighted by atomic mass is 16.1. The lowest BCUT2D eigenvalue weighted by atomic mass is 9.90. The van der Waals surface area contributed by atoms with Crippen molar-refractivity contribution in [2.75, 3.05) is 18.0 Å². The Bertz CT molecular complexity index is 771. The molecule has 0 bridgehead atoms. The van der Waals surface area contributed by atoms with E-state index in [0.717, 1.165) is 61.6 Å². The van der Waals surface area contributed by atoms with Gasteiger partial charge in [-0.15, -0.1) is 0 Å². The summed E-state index contributed by atoms with van der Waals surface area (Å²) >= 11 is 0. The van der Waals surface area contributed by atoms with Crippen LogP contribution in [0, 0.1) is 19.8 Å². The van der Waals surface area contributed by atoms with Crippen LogP contribution in [0.15, 0.2) is 12.1 Å². The van der Waals surface area contributed by atoms with Crippen LogP contribution in [-0.4, -0.2) is 39.6 Å². The Balaban J connectivity index is 1.39. The third kappa shape index (κ3) is 3.48. The Labute approximate surface area is 148 Å². The molecule has 3 heterocycles. The number of piperidine rings is 1. The number of hydrogen-bond acceptors (Lipinski definition) is 4. The fourth-order valence-electron chi connectivity index (χ4n) is 3.89. The molecule has 0 unspecified atom stereocenters. The normalized spacial score (nSPS) is 19.2. The van der Waals surface area contributed by atoms with Crippen molar-refractivity contribution < 1.29 is 4.79 Å². The van der Waals surface area contributed by atoms with Crippen molar-refractivity contribution in [1.29, 1.82) is 0 Å². The fraction of sp³-hybridized carbons (Fsp3) is 0.632. The molecule has 0 spiro atoms. The molecule has 2 aliphatic rings. The molecule has 0 radical (unpaired) electrons. The number of nitrogens with zero attached hydrogens (tertiary/aromatic N) is 4. The molecular weight excluding hydrogens is 314 g/mol. The van der Waals surface area contributed by atoms with Crippen molar-refractivity contribution in [3.05, 3.63) is 23.5 Å². The van der Waals surface area contributed by atoms with Crippen LogP contribution in [0.3, 0.4) is 0 Å². The average Bonchev–Trinajstić information content (AvgIpc) is 2.91. The smallest absolute Gasteiger partial charge is 0.220 e. The maximum Gasteiger partial charge on any atom is 0.220 e. The Kier molecular flexibility index (Phi) is 4.36. The van der Waals surface area contributed by atoms with Gasteiger partial charge in [0.15, 0.2) is 5.65 Å². The standard InChI is InChI=1S/C19H27N5O/c1-13-11-19(24-17(20-13)10-14(2)22-24)23-8-6-15(7-9-23)12-18(25)21-16-4-3-5-16/h10-11,15-16H,3-9,12H2,1-2H3,(H,21,25). The number of fused-ring (bicyclic) bond motifs is 1. The molecule has 6 nitrogen and oxygen atoms in total. The minimum Gasteiger partial charge on any atom is -0.356 e. The Morgan fingerprint density at radius 1 is 1.16 bits per heavy atom. The zero-order valence-corrected chi connectivity index (χ0v) is 15.2. The highest BCUT2D eigenvalue weighted by Crippen LogP contribution is 2.27. The molecule has 0 atom stereocenters. The van der Waals surface area contributed by atoms with E-state index in [0.29, 0.717) is 18.4 Å². The summed E-state index contributed by atoms with van der Waals surface area (Å²) in [6, 6.07) is 4.58. The second kappa shape index (κ2) is 6.65. The Morgan fingerprint density at radius 2 is 1.92 bits per heavy atom. The van der Waals surface area contributed by atoms with Gasteiger partial charge in [0, 0.05) is 43.4 Å². The minimum absolute atomic E-state index is 0.244. The van der Waals surface area contributed by atoms with Gasteiger partial charge >= 0.3 is 0 Å². The van der Waals surface area contributed by atoms with Crippen LogP contribution < -0.4 is 10.2 Å². The van der Waals surface area contributed by atoms with E-state index in [9.17, 15) is 4.79 Å². The van der Waals surface area contributed by atoms with E-state index >= 15 is 0 Å². The third-order valence-corrected chi connectivity index (χ3v) is 5.54. The molecule has 1 aliphatic heterocycles. The number of anilines is 1. The van der Waals surface area contributed by atoms with Gasteiger partial charge in [0.2, 0.25) is 5.91 Å². The summed E-state index contributed by atoms with van der Waals surface area (Å²) in [5.41, 5.74) is 2.92. The summed E-state index contributed by atoms with van der Waals surface area (Å²) in [5, 5.41) is 7.76. The largest absolute Gasteiger partial charge is 0.356 e. The minimum atomic E-state index is 0.244. The molecule has 1 amide bonds. The van der Waals surface area contributed by atoms with E-state index in [-0.39, 0.29) is 5.91 Å². The van der Waals surface area contributed by atoms with Crippen molar-refractivity contribution in [3.63, 3.8) is 0 Å². The zero-order chi connectivity index (χ0) is 17.4. The predicted molar refractivity (Wildman–Crippen MR) is 97.8 cm³/mol. The lowest BCUT2D eigenvalue weighted by Gasteiger charge is -2.34. The SMILES string of the molecule is Cc1cc(N2CCC(CC(=O)NC3CCC3)CC2)n2nc(C)cc2n1. The molecule has 1 aliphatic carbocycles. The Morgan fingerprint density at radius 3 is 2.60 bits per heavy atom. The van der Waals surface area contributed by atoms with Gasteiger partial charge in [-0.2, -0.15) is 9.61 Å². The molecule has 2 aromatic heterocycles. The predicted octanol–water partition coefficient (Wildman–Crippen LogP) is 2.62. The van der Waals surface area contributed by atoms with Crippen molar-refractivity contribution in [2.24, 2.45) is 5.92 Å². The van der Waals surface area contributed by atoms with E-state index in [4.69, 9.17) is 0 Å². The number of aryl methyl sites for hydroxylation is 2. The van der Waals surface area contributed by atoms with Gasteiger partial charge < -0.3 is 10.2 Å². The maximum absolute atomic E-state index is 12.1. The second-order valence-corrected chi connectivity index (χ2v) is 7.64. The van der Waals surface area contributed by atoms with Gasteiger partial charge in [0.25, 0.3) is 0 Å². The second-order valence-electron chi connectivity index (χ2n) is 7.64. The van der Waals surface area contributed by atoms with E-state index in [2.05, 4.69) is 26.4 Å². The molecule has 1 saturated carbocycles. The van der Waals surface area contributed by atoms with Gasteiger partial charge in [-0.1, -0.05) is 0 Å². The molecular formula is C19H27N5O. The average molecular weight is 341 g/mol. The fourth-order valence-corrected chi connectivity index (χ4v) is 3.89. The molecule has 1 N–H and O–H groups in total. The number of hydrogen-bond donors (Lipinski definition) is 1. The number of carbonyl (C=O) groups excluding carboxylic acids is 1. The summed E-state index contributed by atoms with van der Waals surface area (Å²) < 4.78 is 1.95. The number of rotatable bonds is 4. The van der Waals surface area contributed by atoms with Gasteiger partial charge in [0.1, 0.15) is 5.82 Å². The summed E-state index contributed by atoms with van der Waals surface area (Å²) in [6.45, 7) is 5.97. The van der Waals surface area contributed by atoms with Crippen molar-refractivity contribution in [1.82, 2.24) is 19.9 Å². The molecule has 134 valence electrons. The maximum atomic E-state index is 12.1. The van der Waals surface area contributed by atoms with Gasteiger partial charge in [0.05, 0.1) is 5.69 Å². The van der Waals surface area contributed by atoms with E-state index in [1.807, 2.05) is 24.4 Å².